The zero-order chi connectivity index (χ0) is 21.1. The van der Waals surface area contributed by atoms with Crippen LogP contribution in [0.15, 0.2) is 42.5 Å². The van der Waals surface area contributed by atoms with Gasteiger partial charge in [-0.1, -0.05) is 25.5 Å². The lowest BCUT2D eigenvalue weighted by molar-refractivity contribution is -0.124. The highest BCUT2D eigenvalue weighted by Gasteiger charge is 2.40. The van der Waals surface area contributed by atoms with Crippen LogP contribution in [0.1, 0.15) is 41.6 Å². The lowest BCUT2D eigenvalue weighted by Gasteiger charge is -2.18. The van der Waals surface area contributed by atoms with Gasteiger partial charge in [0.25, 0.3) is 5.91 Å². The molecule has 0 aromatic heterocycles. The number of rotatable bonds is 6. The molecule has 0 radical (unpaired) electrons. The van der Waals surface area contributed by atoms with Crippen molar-refractivity contribution in [3.63, 3.8) is 0 Å². The maximum absolute atomic E-state index is 13.4. The van der Waals surface area contributed by atoms with Gasteiger partial charge in [0.05, 0.1) is 5.92 Å². The summed E-state index contributed by atoms with van der Waals surface area (Å²) in [5, 5.41) is 2.98. The second-order valence-corrected chi connectivity index (χ2v) is 7.69. The van der Waals surface area contributed by atoms with E-state index in [0.29, 0.717) is 36.7 Å². The number of benzene rings is 2. The smallest absolute Gasteiger partial charge is 0.254 e. The Balaban J connectivity index is 1.55. The summed E-state index contributed by atoms with van der Waals surface area (Å²) in [5.74, 6) is 0.0295. The molecule has 0 spiro atoms. The summed E-state index contributed by atoms with van der Waals surface area (Å²) in [5.41, 5.74) is 1.34. The molecule has 2 aromatic rings. The van der Waals surface area contributed by atoms with E-state index in [2.05, 4.69) is 12.2 Å². The van der Waals surface area contributed by atoms with Crippen molar-refractivity contribution in [3.05, 3.63) is 59.4 Å². The van der Waals surface area contributed by atoms with Crippen LogP contribution in [0.25, 0.3) is 0 Å². The summed E-state index contributed by atoms with van der Waals surface area (Å²) in [6.45, 7) is 3.52. The van der Waals surface area contributed by atoms with Crippen molar-refractivity contribution in [1.82, 2.24) is 10.2 Å². The normalized spacial score (nSPS) is 19.7. The fourth-order valence-electron chi connectivity index (χ4n) is 4.01. The van der Waals surface area contributed by atoms with Crippen molar-refractivity contribution < 1.29 is 23.5 Å². The predicted octanol–water partition coefficient (Wildman–Crippen LogP) is 3.33. The molecule has 30 heavy (non-hydrogen) atoms. The molecule has 0 saturated carbocycles. The fourth-order valence-corrected chi connectivity index (χ4v) is 4.01. The first-order chi connectivity index (χ1) is 14.6. The molecule has 2 heterocycles. The van der Waals surface area contributed by atoms with E-state index in [4.69, 9.17) is 9.47 Å². The largest absolute Gasteiger partial charge is 0.454 e. The lowest BCUT2D eigenvalue weighted by atomic mass is 9.88. The molecular weight excluding hydrogens is 387 g/mol. The molecule has 1 N–H and O–H groups in total. The minimum absolute atomic E-state index is 0.0706. The molecule has 2 aliphatic heterocycles. The first-order valence-corrected chi connectivity index (χ1v) is 10.3. The molecule has 0 unspecified atom stereocenters. The van der Waals surface area contributed by atoms with E-state index in [1.165, 1.54) is 12.1 Å². The number of unbranched alkanes of at least 4 members (excludes halogenated alkanes) is 1. The number of amides is 2. The van der Waals surface area contributed by atoms with E-state index in [0.717, 1.165) is 18.4 Å². The first-order valence-electron chi connectivity index (χ1n) is 10.3. The Morgan fingerprint density at radius 1 is 1.10 bits per heavy atom. The number of nitrogens with one attached hydrogen (secondary N) is 1. The molecule has 2 aromatic carbocycles. The van der Waals surface area contributed by atoms with Gasteiger partial charge in [-0.15, -0.1) is 0 Å². The third kappa shape index (κ3) is 4.10. The minimum atomic E-state index is -0.384. The van der Waals surface area contributed by atoms with Crippen molar-refractivity contribution in [2.75, 3.05) is 26.4 Å². The van der Waals surface area contributed by atoms with E-state index in [-0.39, 0.29) is 36.3 Å². The number of likely N-dealkylation sites (tertiary alicyclic amines) is 1. The summed E-state index contributed by atoms with van der Waals surface area (Å²) in [4.78, 5) is 27.7. The van der Waals surface area contributed by atoms with Crippen LogP contribution in [-0.4, -0.2) is 43.1 Å². The topological polar surface area (TPSA) is 67.9 Å². The second-order valence-electron chi connectivity index (χ2n) is 7.69. The van der Waals surface area contributed by atoms with Gasteiger partial charge < -0.3 is 19.7 Å². The van der Waals surface area contributed by atoms with Crippen LogP contribution in [0.4, 0.5) is 4.39 Å². The number of nitrogens with zero attached hydrogens (tertiary/aromatic N) is 1. The molecule has 7 heteroatoms. The Hall–Kier alpha value is -3.09. The van der Waals surface area contributed by atoms with E-state index in [1.54, 1.807) is 35.2 Å². The molecule has 0 bridgehead atoms. The lowest BCUT2D eigenvalue weighted by Crippen LogP contribution is -2.36. The monoisotopic (exact) mass is 412 g/mol. The van der Waals surface area contributed by atoms with E-state index >= 15 is 0 Å². The Kier molecular flexibility index (Phi) is 5.88. The van der Waals surface area contributed by atoms with Crippen LogP contribution in [0.3, 0.4) is 0 Å². The molecule has 4 rings (SSSR count). The van der Waals surface area contributed by atoms with Gasteiger partial charge in [0, 0.05) is 31.1 Å². The van der Waals surface area contributed by atoms with Crippen molar-refractivity contribution in [2.45, 2.75) is 25.7 Å². The van der Waals surface area contributed by atoms with Crippen LogP contribution < -0.4 is 14.8 Å². The maximum atomic E-state index is 13.4. The molecule has 158 valence electrons. The summed E-state index contributed by atoms with van der Waals surface area (Å²) < 4.78 is 24.1. The zero-order valence-electron chi connectivity index (χ0n) is 16.9. The van der Waals surface area contributed by atoms with Gasteiger partial charge in [0.1, 0.15) is 5.82 Å². The minimum Gasteiger partial charge on any atom is -0.454 e. The Bertz CT molecular complexity index is 931. The number of ether oxygens (including phenoxy) is 2. The number of hydrogen-bond acceptors (Lipinski definition) is 4. The van der Waals surface area contributed by atoms with Crippen LogP contribution in [0, 0.1) is 11.7 Å². The van der Waals surface area contributed by atoms with Gasteiger partial charge in [0.2, 0.25) is 12.7 Å². The Morgan fingerprint density at radius 2 is 1.87 bits per heavy atom. The van der Waals surface area contributed by atoms with Crippen LogP contribution in [0.5, 0.6) is 11.5 Å². The molecular formula is C23H25FN2O4. The second kappa shape index (κ2) is 8.73. The Morgan fingerprint density at radius 3 is 2.63 bits per heavy atom. The molecule has 1 fully saturated rings. The third-order valence-electron chi connectivity index (χ3n) is 5.69. The quantitative estimate of drug-likeness (QED) is 0.739. The molecule has 0 aliphatic carbocycles. The summed E-state index contributed by atoms with van der Waals surface area (Å²) in [6, 6.07) is 11.3. The molecule has 6 nitrogen and oxygen atoms in total. The van der Waals surface area contributed by atoms with Gasteiger partial charge in [-0.2, -0.15) is 0 Å². The average molecular weight is 412 g/mol. The Labute approximate surface area is 175 Å². The molecule has 2 atom stereocenters. The first kappa shape index (κ1) is 20.2. The number of carbonyl (C=O) groups is 2. The van der Waals surface area contributed by atoms with Crippen LogP contribution in [0.2, 0.25) is 0 Å². The highest BCUT2D eigenvalue weighted by atomic mass is 19.1. The van der Waals surface area contributed by atoms with Crippen molar-refractivity contribution in [1.29, 1.82) is 0 Å². The van der Waals surface area contributed by atoms with Crippen molar-refractivity contribution in [3.8, 4) is 11.5 Å². The van der Waals surface area contributed by atoms with Gasteiger partial charge in [-0.3, -0.25) is 9.59 Å². The van der Waals surface area contributed by atoms with Gasteiger partial charge >= 0.3 is 0 Å². The average Bonchev–Trinajstić information content (AvgIpc) is 3.40. The standard InChI is InChI=1S/C23H25FN2O4/c1-2-3-10-25-22(27)19-13-26(12-18(19)15-4-7-17(24)8-5-15)23(28)16-6-9-20-21(11-16)30-14-29-20/h4-9,11,18-19H,2-3,10,12-14H2,1H3,(H,25,27)/t18-,19-/m1/s1. The summed E-state index contributed by atoms with van der Waals surface area (Å²) in [7, 11) is 0. The maximum Gasteiger partial charge on any atom is 0.254 e. The summed E-state index contributed by atoms with van der Waals surface area (Å²) in [6.07, 6.45) is 1.89. The van der Waals surface area contributed by atoms with Crippen LogP contribution in [-0.2, 0) is 4.79 Å². The van der Waals surface area contributed by atoms with E-state index in [1.807, 2.05) is 0 Å². The zero-order valence-corrected chi connectivity index (χ0v) is 16.9. The fraction of sp³-hybridized carbons (Fsp3) is 0.391. The highest BCUT2D eigenvalue weighted by Crippen LogP contribution is 2.36. The SMILES string of the molecule is CCCCNC(=O)[C@@H]1CN(C(=O)c2ccc3c(c2)OCO3)C[C@@H]1c1ccc(F)cc1. The van der Waals surface area contributed by atoms with Gasteiger partial charge in [-0.25, -0.2) is 4.39 Å². The number of fused-ring (bicyclic) bond motifs is 1. The third-order valence-corrected chi connectivity index (χ3v) is 5.69. The predicted molar refractivity (Wildman–Crippen MR) is 109 cm³/mol. The van der Waals surface area contributed by atoms with Crippen LogP contribution >= 0.6 is 0 Å². The van der Waals surface area contributed by atoms with Crippen molar-refractivity contribution >= 4 is 11.8 Å². The van der Waals surface area contributed by atoms with E-state index < -0.39 is 0 Å². The number of carbonyl (C=O) groups excluding carboxylic acids is 2. The van der Waals surface area contributed by atoms with Gasteiger partial charge in [0.15, 0.2) is 11.5 Å². The molecule has 2 amide bonds. The number of halogens is 1. The summed E-state index contributed by atoms with van der Waals surface area (Å²) >= 11 is 0. The number of hydrogen-bond donors (Lipinski definition) is 1. The molecule has 2 aliphatic rings. The van der Waals surface area contributed by atoms with Gasteiger partial charge in [-0.05, 0) is 42.3 Å². The van der Waals surface area contributed by atoms with E-state index in [9.17, 15) is 14.0 Å². The van der Waals surface area contributed by atoms with Crippen molar-refractivity contribution in [2.24, 2.45) is 5.92 Å². The highest BCUT2D eigenvalue weighted by molar-refractivity contribution is 5.96. The molecule has 1 saturated heterocycles.